The Balaban J connectivity index is 1.62. The molecule has 7 heteroatoms. The van der Waals surface area contributed by atoms with Gasteiger partial charge in [-0.15, -0.1) is 0 Å². The molecule has 1 atom stereocenters. The number of aryl methyl sites for hydroxylation is 1. The van der Waals surface area contributed by atoms with Gasteiger partial charge in [0.05, 0.1) is 12.6 Å². The van der Waals surface area contributed by atoms with Crippen LogP contribution < -0.4 is 5.32 Å². The van der Waals surface area contributed by atoms with E-state index in [-0.39, 0.29) is 17.5 Å². The number of carbonyl (C=O) groups is 2. The number of nitriles is 1. The van der Waals surface area contributed by atoms with Crippen molar-refractivity contribution in [1.29, 1.82) is 5.26 Å². The fourth-order valence-corrected chi connectivity index (χ4v) is 3.78. The molecule has 1 heterocycles. The van der Waals surface area contributed by atoms with Gasteiger partial charge in [-0.25, -0.2) is 4.79 Å². The molecule has 2 aromatic rings. The molecule has 1 aromatic heterocycles. The summed E-state index contributed by atoms with van der Waals surface area (Å²) in [6, 6.07) is 13.5. The normalized spacial score (nSPS) is 14.5. The number of nitrogens with one attached hydrogen (secondary N) is 1. The van der Waals surface area contributed by atoms with E-state index in [9.17, 15) is 14.9 Å². The average molecular weight is 436 g/mol. The Bertz CT molecular complexity index is 1030. The third-order valence-electron chi connectivity index (χ3n) is 5.67. The number of benzene rings is 1. The molecule has 1 aromatic carbocycles. The van der Waals surface area contributed by atoms with Crippen LogP contribution in [-0.2, 0) is 25.6 Å². The number of methoxy groups -OCH3 is 1. The predicted octanol–water partition coefficient (Wildman–Crippen LogP) is 3.47. The molecule has 7 nitrogen and oxygen atoms in total. The van der Waals surface area contributed by atoms with Crippen molar-refractivity contribution in [2.45, 2.75) is 39.3 Å². The summed E-state index contributed by atoms with van der Waals surface area (Å²) < 4.78 is 12.3. The van der Waals surface area contributed by atoms with Crippen LogP contribution in [0.25, 0.3) is 6.08 Å². The van der Waals surface area contributed by atoms with Gasteiger partial charge in [-0.3, -0.25) is 4.79 Å². The van der Waals surface area contributed by atoms with Crippen LogP contribution in [0.5, 0.6) is 0 Å². The largest absolute Gasteiger partial charge is 0.451 e. The van der Waals surface area contributed by atoms with Crippen molar-refractivity contribution in [3.63, 3.8) is 0 Å². The summed E-state index contributed by atoms with van der Waals surface area (Å²) in [5.41, 5.74) is 3.58. The van der Waals surface area contributed by atoms with Gasteiger partial charge in [-0.1, -0.05) is 30.3 Å². The number of hydrogen-bond acceptors (Lipinski definition) is 5. The van der Waals surface area contributed by atoms with Gasteiger partial charge in [-0.05, 0) is 55.9 Å². The highest BCUT2D eigenvalue weighted by Crippen LogP contribution is 2.40. The van der Waals surface area contributed by atoms with E-state index in [2.05, 4.69) is 9.88 Å². The van der Waals surface area contributed by atoms with E-state index in [0.717, 1.165) is 35.4 Å². The van der Waals surface area contributed by atoms with Gasteiger partial charge >= 0.3 is 5.97 Å². The van der Waals surface area contributed by atoms with Crippen LogP contribution in [0, 0.1) is 31.1 Å². The maximum atomic E-state index is 12.4. The predicted molar refractivity (Wildman–Crippen MR) is 120 cm³/mol. The van der Waals surface area contributed by atoms with Crippen molar-refractivity contribution >= 4 is 18.0 Å². The van der Waals surface area contributed by atoms with E-state index in [1.807, 2.05) is 56.3 Å². The molecular formula is C25H29N3O4. The highest BCUT2D eigenvalue weighted by Gasteiger charge is 2.33. The van der Waals surface area contributed by atoms with Crippen LogP contribution in [0.15, 0.2) is 42.0 Å². The van der Waals surface area contributed by atoms with Gasteiger partial charge in [-0.2, -0.15) is 5.26 Å². The lowest BCUT2D eigenvalue weighted by Gasteiger charge is -2.18. The lowest BCUT2D eigenvalue weighted by molar-refractivity contribution is -0.144. The minimum Gasteiger partial charge on any atom is -0.451 e. The zero-order valence-electron chi connectivity index (χ0n) is 18.8. The van der Waals surface area contributed by atoms with E-state index in [4.69, 9.17) is 9.47 Å². The van der Waals surface area contributed by atoms with Gasteiger partial charge in [0.2, 0.25) is 0 Å². The molecule has 1 fully saturated rings. The molecule has 0 aliphatic heterocycles. The average Bonchev–Trinajstić information content (AvgIpc) is 3.60. The number of hydrogen-bond donors (Lipinski definition) is 1. The molecule has 0 radical (unpaired) electrons. The maximum absolute atomic E-state index is 12.4. The zero-order valence-corrected chi connectivity index (χ0v) is 18.8. The number of rotatable bonds is 10. The van der Waals surface area contributed by atoms with Crippen LogP contribution in [0.2, 0.25) is 0 Å². The summed E-state index contributed by atoms with van der Waals surface area (Å²) in [4.78, 5) is 24.9. The van der Waals surface area contributed by atoms with Gasteiger partial charge in [0.15, 0.2) is 6.61 Å². The highest BCUT2D eigenvalue weighted by molar-refractivity contribution is 5.99. The maximum Gasteiger partial charge on any atom is 0.349 e. The topological polar surface area (TPSA) is 93.3 Å². The first-order chi connectivity index (χ1) is 15.4. The van der Waals surface area contributed by atoms with Crippen LogP contribution >= 0.6 is 0 Å². The fraction of sp³-hybridized carbons (Fsp3) is 0.400. The number of carbonyl (C=O) groups excluding carboxylic acids is 2. The van der Waals surface area contributed by atoms with Crippen molar-refractivity contribution in [1.82, 2.24) is 9.88 Å². The number of amides is 1. The highest BCUT2D eigenvalue weighted by atomic mass is 16.5. The van der Waals surface area contributed by atoms with Crippen LogP contribution in [0.3, 0.4) is 0 Å². The van der Waals surface area contributed by atoms with Crippen molar-refractivity contribution in [3.05, 3.63) is 64.5 Å². The Morgan fingerprint density at radius 1 is 1.28 bits per heavy atom. The number of esters is 1. The summed E-state index contributed by atoms with van der Waals surface area (Å²) in [5.74, 6) is -0.791. The zero-order chi connectivity index (χ0) is 23.1. The Morgan fingerprint density at radius 2 is 2.00 bits per heavy atom. The molecule has 1 aliphatic rings. The van der Waals surface area contributed by atoms with E-state index in [1.54, 1.807) is 7.11 Å². The molecule has 1 amide bonds. The minimum atomic E-state index is -0.813. The summed E-state index contributed by atoms with van der Waals surface area (Å²) in [6.45, 7) is 4.69. The molecule has 0 bridgehead atoms. The SMILES string of the molecule is COCCn1c(C)cc(/C=C(\C#N)C(=O)OCC(=O)NC(c2ccccc2)C2CC2)c1C. The summed E-state index contributed by atoms with van der Waals surface area (Å²) in [6.07, 6.45) is 3.62. The van der Waals surface area contributed by atoms with E-state index in [0.29, 0.717) is 19.1 Å². The standard InChI is InChI=1S/C25H29N3O4/c1-17-13-21(18(2)28(17)11-12-31-3)14-22(15-26)25(30)32-16-23(29)27-24(20-9-10-20)19-7-5-4-6-8-19/h4-8,13-14,20,24H,9-12,16H2,1-3H3,(H,27,29)/b22-14+. The lowest BCUT2D eigenvalue weighted by Crippen LogP contribution is -2.33. The third-order valence-corrected chi connectivity index (χ3v) is 5.67. The second-order valence-electron chi connectivity index (χ2n) is 8.01. The molecule has 1 N–H and O–H groups in total. The number of ether oxygens (including phenoxy) is 2. The van der Waals surface area contributed by atoms with Crippen LogP contribution in [-0.4, -0.2) is 36.8 Å². The first-order valence-corrected chi connectivity index (χ1v) is 10.7. The quantitative estimate of drug-likeness (QED) is 0.350. The minimum absolute atomic E-state index is 0.0918. The molecule has 168 valence electrons. The van der Waals surface area contributed by atoms with E-state index in [1.165, 1.54) is 6.08 Å². The first kappa shape index (κ1) is 23.3. The molecule has 32 heavy (non-hydrogen) atoms. The fourth-order valence-electron chi connectivity index (χ4n) is 3.78. The number of aromatic nitrogens is 1. The molecule has 0 spiro atoms. The smallest absolute Gasteiger partial charge is 0.349 e. The molecular weight excluding hydrogens is 406 g/mol. The lowest BCUT2D eigenvalue weighted by atomic mass is 10.0. The van der Waals surface area contributed by atoms with Gasteiger partial charge in [0.1, 0.15) is 11.6 Å². The van der Waals surface area contributed by atoms with Gasteiger partial charge < -0.3 is 19.4 Å². The summed E-state index contributed by atoms with van der Waals surface area (Å²) in [7, 11) is 1.64. The molecule has 1 unspecified atom stereocenters. The van der Waals surface area contributed by atoms with Crippen molar-refractivity contribution in [2.75, 3.05) is 20.3 Å². The Kier molecular flexibility index (Phi) is 7.85. The van der Waals surface area contributed by atoms with Crippen molar-refractivity contribution < 1.29 is 19.1 Å². The molecule has 1 saturated carbocycles. The van der Waals surface area contributed by atoms with Crippen LogP contribution in [0.1, 0.15) is 41.4 Å². The monoisotopic (exact) mass is 435 g/mol. The Labute approximate surface area is 188 Å². The summed E-state index contributed by atoms with van der Waals surface area (Å²) in [5, 5.41) is 12.4. The summed E-state index contributed by atoms with van der Waals surface area (Å²) >= 11 is 0. The Hall–Kier alpha value is -3.37. The van der Waals surface area contributed by atoms with Crippen molar-refractivity contribution in [3.8, 4) is 6.07 Å². The van der Waals surface area contributed by atoms with E-state index >= 15 is 0 Å². The van der Waals surface area contributed by atoms with Crippen molar-refractivity contribution in [2.24, 2.45) is 5.92 Å². The third kappa shape index (κ3) is 5.86. The number of nitrogens with zero attached hydrogens (tertiary/aromatic N) is 2. The Morgan fingerprint density at radius 3 is 2.62 bits per heavy atom. The van der Waals surface area contributed by atoms with Gasteiger partial charge in [0.25, 0.3) is 5.91 Å². The van der Waals surface area contributed by atoms with Gasteiger partial charge in [0, 0.05) is 25.0 Å². The second kappa shape index (κ2) is 10.8. The molecule has 3 rings (SSSR count). The molecule has 1 aliphatic carbocycles. The van der Waals surface area contributed by atoms with Crippen LogP contribution in [0.4, 0.5) is 0 Å². The first-order valence-electron chi connectivity index (χ1n) is 10.7. The van der Waals surface area contributed by atoms with E-state index < -0.39 is 12.6 Å². The second-order valence-corrected chi connectivity index (χ2v) is 8.01. The molecule has 0 saturated heterocycles.